The number of nitrogens with zero attached hydrogens (tertiary/aromatic N) is 1. The number of hydrogen-bond acceptors (Lipinski definition) is 3. The van der Waals surface area contributed by atoms with Crippen molar-refractivity contribution in [3.63, 3.8) is 0 Å². The third-order valence-electron chi connectivity index (χ3n) is 3.11. The SMILES string of the molecule is CN(C)CC#Cc1cc2c(c(C(=O)O)c1)OCCCC2. The van der Waals surface area contributed by atoms with Gasteiger partial charge in [-0.1, -0.05) is 11.8 Å². The number of hydrogen-bond donors (Lipinski definition) is 1. The van der Waals surface area contributed by atoms with E-state index in [1.165, 1.54) is 0 Å². The van der Waals surface area contributed by atoms with E-state index < -0.39 is 5.97 Å². The molecule has 0 fully saturated rings. The van der Waals surface area contributed by atoms with Crippen LogP contribution in [-0.2, 0) is 6.42 Å². The Hall–Kier alpha value is -1.99. The van der Waals surface area contributed by atoms with Crippen molar-refractivity contribution in [3.8, 4) is 17.6 Å². The summed E-state index contributed by atoms with van der Waals surface area (Å²) in [6.07, 6.45) is 2.81. The normalized spacial score (nSPS) is 13.8. The van der Waals surface area contributed by atoms with Crippen LogP contribution >= 0.6 is 0 Å². The third kappa shape index (κ3) is 3.52. The summed E-state index contributed by atoms with van der Waals surface area (Å²) in [4.78, 5) is 13.4. The van der Waals surface area contributed by atoms with Crippen molar-refractivity contribution in [1.29, 1.82) is 0 Å². The molecule has 1 N–H and O–H groups in total. The van der Waals surface area contributed by atoms with Gasteiger partial charge in [0.2, 0.25) is 0 Å². The van der Waals surface area contributed by atoms with Gasteiger partial charge in [0.1, 0.15) is 11.3 Å². The van der Waals surface area contributed by atoms with Crippen molar-refractivity contribution in [3.05, 3.63) is 28.8 Å². The number of benzene rings is 1. The predicted octanol–water partition coefficient (Wildman–Crippen LogP) is 2.01. The zero-order chi connectivity index (χ0) is 14.5. The second-order valence-electron chi connectivity index (χ2n) is 5.16. The molecule has 4 nitrogen and oxygen atoms in total. The number of fused-ring (bicyclic) bond motifs is 1. The molecule has 0 saturated heterocycles. The van der Waals surface area contributed by atoms with E-state index in [4.69, 9.17) is 4.74 Å². The summed E-state index contributed by atoms with van der Waals surface area (Å²) in [7, 11) is 3.89. The molecule has 1 aromatic rings. The smallest absolute Gasteiger partial charge is 0.339 e. The maximum Gasteiger partial charge on any atom is 0.339 e. The molecule has 0 bridgehead atoms. The van der Waals surface area contributed by atoms with Gasteiger partial charge in [-0.15, -0.1) is 0 Å². The number of ether oxygens (including phenoxy) is 1. The van der Waals surface area contributed by atoms with Gasteiger partial charge in [-0.05, 0) is 51.1 Å². The molecular formula is C16H19NO3. The monoisotopic (exact) mass is 273 g/mol. The maximum absolute atomic E-state index is 11.4. The average Bonchev–Trinajstić information content (AvgIpc) is 2.62. The first-order valence-electron chi connectivity index (χ1n) is 6.74. The molecule has 4 heteroatoms. The Labute approximate surface area is 119 Å². The predicted molar refractivity (Wildman–Crippen MR) is 77.3 cm³/mol. The zero-order valence-corrected chi connectivity index (χ0v) is 11.9. The van der Waals surface area contributed by atoms with Crippen LogP contribution in [0.15, 0.2) is 12.1 Å². The first kappa shape index (κ1) is 14.4. The van der Waals surface area contributed by atoms with Crippen molar-refractivity contribution in [2.75, 3.05) is 27.2 Å². The van der Waals surface area contributed by atoms with Crippen LogP contribution in [-0.4, -0.2) is 43.2 Å². The van der Waals surface area contributed by atoms with E-state index in [2.05, 4.69) is 11.8 Å². The molecule has 0 radical (unpaired) electrons. The number of carboxylic acids is 1. The van der Waals surface area contributed by atoms with Gasteiger partial charge >= 0.3 is 5.97 Å². The molecule has 0 amide bonds. The van der Waals surface area contributed by atoms with Crippen molar-refractivity contribution in [2.45, 2.75) is 19.3 Å². The van der Waals surface area contributed by atoms with Gasteiger partial charge in [0.15, 0.2) is 0 Å². The molecule has 1 aliphatic rings. The molecule has 0 saturated carbocycles. The molecule has 0 aromatic heterocycles. The lowest BCUT2D eigenvalue weighted by Crippen LogP contribution is -2.10. The molecule has 1 aliphatic heterocycles. The fourth-order valence-corrected chi connectivity index (χ4v) is 2.17. The second-order valence-corrected chi connectivity index (χ2v) is 5.16. The largest absolute Gasteiger partial charge is 0.492 e. The minimum Gasteiger partial charge on any atom is -0.492 e. The summed E-state index contributed by atoms with van der Waals surface area (Å²) < 4.78 is 5.60. The van der Waals surface area contributed by atoms with Crippen molar-refractivity contribution in [2.24, 2.45) is 0 Å². The number of carbonyl (C=O) groups is 1. The quantitative estimate of drug-likeness (QED) is 0.837. The highest BCUT2D eigenvalue weighted by Gasteiger charge is 2.19. The molecule has 1 heterocycles. The van der Waals surface area contributed by atoms with Gasteiger partial charge in [0.25, 0.3) is 0 Å². The number of aromatic carboxylic acids is 1. The highest BCUT2D eigenvalue weighted by molar-refractivity contribution is 5.92. The van der Waals surface area contributed by atoms with Gasteiger partial charge in [-0.3, -0.25) is 4.90 Å². The average molecular weight is 273 g/mol. The van der Waals surface area contributed by atoms with Gasteiger partial charge < -0.3 is 9.84 Å². The molecule has 20 heavy (non-hydrogen) atoms. The van der Waals surface area contributed by atoms with Crippen molar-refractivity contribution in [1.82, 2.24) is 4.90 Å². The first-order chi connectivity index (χ1) is 9.58. The van der Waals surface area contributed by atoms with Gasteiger partial charge in [0.05, 0.1) is 13.2 Å². The van der Waals surface area contributed by atoms with Gasteiger partial charge in [0, 0.05) is 5.56 Å². The zero-order valence-electron chi connectivity index (χ0n) is 11.9. The van der Waals surface area contributed by atoms with E-state index in [-0.39, 0.29) is 5.56 Å². The molecule has 1 aromatic carbocycles. The standard InChI is InChI=1S/C16H19NO3/c1-17(2)8-5-6-12-10-13-7-3-4-9-20-15(13)14(11-12)16(18)19/h10-11H,3-4,7-9H2,1-2H3,(H,18,19). The van der Waals surface area contributed by atoms with Gasteiger partial charge in [-0.2, -0.15) is 0 Å². The summed E-state index contributed by atoms with van der Waals surface area (Å²) in [6.45, 7) is 1.23. The summed E-state index contributed by atoms with van der Waals surface area (Å²) in [6, 6.07) is 3.56. The second kappa shape index (κ2) is 6.44. The van der Waals surface area contributed by atoms with Crippen LogP contribution in [0.5, 0.6) is 5.75 Å². The summed E-state index contributed by atoms with van der Waals surface area (Å²) in [5, 5.41) is 9.33. The molecule has 0 atom stereocenters. The van der Waals surface area contributed by atoms with Crippen LogP contribution in [0.2, 0.25) is 0 Å². The lowest BCUT2D eigenvalue weighted by atomic mass is 10.0. The Morgan fingerprint density at radius 3 is 2.90 bits per heavy atom. The van der Waals surface area contributed by atoms with Crippen molar-refractivity contribution < 1.29 is 14.6 Å². The van der Waals surface area contributed by atoms with E-state index in [1.807, 2.05) is 25.1 Å². The lowest BCUT2D eigenvalue weighted by molar-refractivity contribution is 0.0692. The van der Waals surface area contributed by atoms with E-state index in [1.54, 1.807) is 6.07 Å². The number of rotatable bonds is 2. The van der Waals surface area contributed by atoms with E-state index in [0.717, 1.165) is 30.4 Å². The Morgan fingerprint density at radius 1 is 1.40 bits per heavy atom. The molecule has 0 aliphatic carbocycles. The highest BCUT2D eigenvalue weighted by Crippen LogP contribution is 2.30. The number of aryl methyl sites for hydroxylation is 1. The molecule has 0 spiro atoms. The van der Waals surface area contributed by atoms with Crippen LogP contribution in [0.25, 0.3) is 0 Å². The summed E-state index contributed by atoms with van der Waals surface area (Å²) in [5.41, 5.74) is 1.92. The fourth-order valence-electron chi connectivity index (χ4n) is 2.17. The van der Waals surface area contributed by atoms with Crippen LogP contribution in [0, 0.1) is 11.8 Å². The minimum atomic E-state index is -0.959. The first-order valence-corrected chi connectivity index (χ1v) is 6.74. The highest BCUT2D eigenvalue weighted by atomic mass is 16.5. The van der Waals surface area contributed by atoms with Crippen molar-refractivity contribution >= 4 is 5.97 Å². The van der Waals surface area contributed by atoms with E-state index in [0.29, 0.717) is 18.9 Å². The lowest BCUT2D eigenvalue weighted by Gasteiger charge is -2.11. The Kier molecular flexibility index (Phi) is 4.65. The summed E-state index contributed by atoms with van der Waals surface area (Å²) in [5.74, 6) is 5.63. The van der Waals surface area contributed by atoms with E-state index in [9.17, 15) is 9.90 Å². The molecule has 106 valence electrons. The van der Waals surface area contributed by atoms with Crippen LogP contribution in [0.1, 0.15) is 34.3 Å². The Bertz CT molecular complexity index is 567. The molecule has 2 rings (SSSR count). The Morgan fingerprint density at radius 2 is 2.20 bits per heavy atom. The third-order valence-corrected chi connectivity index (χ3v) is 3.11. The number of carboxylic acid groups (broad SMARTS) is 1. The Balaban J connectivity index is 2.39. The van der Waals surface area contributed by atoms with Gasteiger partial charge in [-0.25, -0.2) is 4.79 Å². The fraction of sp³-hybridized carbons (Fsp3) is 0.438. The van der Waals surface area contributed by atoms with E-state index >= 15 is 0 Å². The topological polar surface area (TPSA) is 49.8 Å². The maximum atomic E-state index is 11.4. The van der Waals surface area contributed by atoms with Crippen LogP contribution < -0.4 is 4.74 Å². The van der Waals surface area contributed by atoms with Crippen LogP contribution in [0.3, 0.4) is 0 Å². The van der Waals surface area contributed by atoms with Crippen LogP contribution in [0.4, 0.5) is 0 Å². The molecule has 0 unspecified atom stereocenters. The molecular weight excluding hydrogens is 254 g/mol. The summed E-state index contributed by atoms with van der Waals surface area (Å²) >= 11 is 0. The minimum absolute atomic E-state index is 0.221.